The van der Waals surface area contributed by atoms with Crippen molar-refractivity contribution in [2.45, 2.75) is 24.5 Å². The van der Waals surface area contributed by atoms with Crippen LogP contribution in [0.25, 0.3) is 0 Å². The predicted octanol–water partition coefficient (Wildman–Crippen LogP) is 2.33. The van der Waals surface area contributed by atoms with Crippen LogP contribution >= 0.6 is 23.5 Å². The lowest BCUT2D eigenvalue weighted by molar-refractivity contribution is 0.762. The molecule has 0 amide bonds. The highest BCUT2D eigenvalue weighted by atomic mass is 32.2. The number of nitrogen functional groups attached to an aromatic ring is 1. The lowest BCUT2D eigenvalue weighted by Gasteiger charge is -2.14. The summed E-state index contributed by atoms with van der Waals surface area (Å²) in [5.41, 5.74) is 5.70. The Balaban J connectivity index is 2.61. The van der Waals surface area contributed by atoms with Crippen molar-refractivity contribution in [3.63, 3.8) is 0 Å². The Morgan fingerprint density at radius 2 is 2.19 bits per heavy atom. The van der Waals surface area contributed by atoms with E-state index in [0.717, 1.165) is 18.0 Å². The predicted molar refractivity (Wildman–Crippen MR) is 74.3 cm³/mol. The highest BCUT2D eigenvalue weighted by molar-refractivity contribution is 7.98. The summed E-state index contributed by atoms with van der Waals surface area (Å²) in [5.74, 6) is 2.47. The minimum Gasteiger partial charge on any atom is -0.383 e. The van der Waals surface area contributed by atoms with Crippen LogP contribution in [0.5, 0.6) is 0 Å². The lowest BCUT2D eigenvalue weighted by atomic mass is 10.2. The first-order valence-electron chi connectivity index (χ1n) is 5.09. The van der Waals surface area contributed by atoms with E-state index in [4.69, 9.17) is 5.73 Å². The first-order chi connectivity index (χ1) is 7.65. The van der Waals surface area contributed by atoms with E-state index in [1.165, 1.54) is 11.8 Å². The maximum atomic E-state index is 5.70. The van der Waals surface area contributed by atoms with Crippen LogP contribution in [0.15, 0.2) is 11.2 Å². The average Bonchev–Trinajstić information content (AvgIpc) is 2.25. The van der Waals surface area contributed by atoms with Crippen molar-refractivity contribution >= 4 is 35.2 Å². The SMILES string of the molecule is CSCCC(C)Nc1cc(N)nc(SC)n1. The molecule has 4 nitrogen and oxygen atoms in total. The molecule has 1 aromatic heterocycles. The van der Waals surface area contributed by atoms with Crippen LogP contribution in [0.1, 0.15) is 13.3 Å². The van der Waals surface area contributed by atoms with Gasteiger partial charge in [-0.3, -0.25) is 0 Å². The molecule has 0 bridgehead atoms. The molecule has 0 fully saturated rings. The van der Waals surface area contributed by atoms with Gasteiger partial charge in [-0.05, 0) is 31.6 Å². The second-order valence-corrected chi connectivity index (χ2v) is 5.25. The molecule has 0 radical (unpaired) electrons. The maximum Gasteiger partial charge on any atom is 0.191 e. The van der Waals surface area contributed by atoms with Gasteiger partial charge in [0.2, 0.25) is 0 Å². The number of thioether (sulfide) groups is 2. The van der Waals surface area contributed by atoms with Crippen LogP contribution in [0, 0.1) is 0 Å². The van der Waals surface area contributed by atoms with Crippen LogP contribution in [0.2, 0.25) is 0 Å². The first-order valence-corrected chi connectivity index (χ1v) is 7.71. The number of nitrogens with one attached hydrogen (secondary N) is 1. The molecule has 1 atom stereocenters. The highest BCUT2D eigenvalue weighted by Gasteiger charge is 2.05. The molecule has 1 aromatic rings. The average molecular weight is 258 g/mol. The third-order valence-electron chi connectivity index (χ3n) is 2.06. The van der Waals surface area contributed by atoms with E-state index >= 15 is 0 Å². The lowest BCUT2D eigenvalue weighted by Crippen LogP contribution is -2.17. The molecule has 0 aliphatic carbocycles. The summed E-state index contributed by atoms with van der Waals surface area (Å²) in [6, 6.07) is 2.17. The number of rotatable bonds is 6. The zero-order valence-electron chi connectivity index (χ0n) is 9.86. The highest BCUT2D eigenvalue weighted by Crippen LogP contribution is 2.16. The third kappa shape index (κ3) is 4.49. The summed E-state index contributed by atoms with van der Waals surface area (Å²) in [4.78, 5) is 8.46. The van der Waals surface area contributed by atoms with Gasteiger partial charge in [0.05, 0.1) is 0 Å². The van der Waals surface area contributed by atoms with Gasteiger partial charge in [-0.25, -0.2) is 9.97 Å². The van der Waals surface area contributed by atoms with Crippen LogP contribution in [-0.4, -0.2) is 34.3 Å². The normalized spacial score (nSPS) is 12.4. The van der Waals surface area contributed by atoms with E-state index in [0.29, 0.717) is 17.0 Å². The third-order valence-corrected chi connectivity index (χ3v) is 3.25. The maximum absolute atomic E-state index is 5.70. The molecule has 3 N–H and O–H groups in total. The van der Waals surface area contributed by atoms with Crippen molar-refractivity contribution in [3.8, 4) is 0 Å². The van der Waals surface area contributed by atoms with Gasteiger partial charge in [0.1, 0.15) is 11.6 Å². The van der Waals surface area contributed by atoms with Gasteiger partial charge < -0.3 is 11.1 Å². The van der Waals surface area contributed by atoms with Gasteiger partial charge in [-0.15, -0.1) is 0 Å². The Hall–Kier alpha value is -0.620. The van der Waals surface area contributed by atoms with Crippen molar-refractivity contribution in [1.82, 2.24) is 9.97 Å². The molecule has 1 heterocycles. The first kappa shape index (κ1) is 13.4. The van der Waals surface area contributed by atoms with Crippen molar-refractivity contribution in [1.29, 1.82) is 0 Å². The number of nitrogens with zero attached hydrogens (tertiary/aromatic N) is 2. The Morgan fingerprint density at radius 3 is 2.81 bits per heavy atom. The summed E-state index contributed by atoms with van der Waals surface area (Å²) < 4.78 is 0. The molecule has 0 aromatic carbocycles. The van der Waals surface area contributed by atoms with Crippen molar-refractivity contribution < 1.29 is 0 Å². The summed E-state index contributed by atoms with van der Waals surface area (Å²) in [6.45, 7) is 2.15. The van der Waals surface area contributed by atoms with Crippen LogP contribution < -0.4 is 11.1 Å². The summed E-state index contributed by atoms with van der Waals surface area (Å²) >= 11 is 3.35. The Morgan fingerprint density at radius 1 is 1.44 bits per heavy atom. The van der Waals surface area contributed by atoms with Gasteiger partial charge in [-0.2, -0.15) is 11.8 Å². The molecule has 1 unspecified atom stereocenters. The Bertz CT molecular complexity index is 333. The second kappa shape index (κ2) is 6.85. The van der Waals surface area contributed by atoms with E-state index in [-0.39, 0.29) is 0 Å². The Labute approximate surface area is 105 Å². The molecule has 6 heteroatoms. The van der Waals surface area contributed by atoms with Crippen LogP contribution in [0.4, 0.5) is 11.6 Å². The molecule has 0 saturated carbocycles. The van der Waals surface area contributed by atoms with Crippen LogP contribution in [0.3, 0.4) is 0 Å². The molecule has 0 aliphatic rings. The van der Waals surface area contributed by atoms with Gasteiger partial charge in [0, 0.05) is 12.1 Å². The van der Waals surface area contributed by atoms with Gasteiger partial charge in [0.25, 0.3) is 0 Å². The summed E-state index contributed by atoms with van der Waals surface area (Å²) in [5, 5.41) is 4.04. The quantitative estimate of drug-likeness (QED) is 0.603. The molecule has 16 heavy (non-hydrogen) atoms. The molecule has 0 aliphatic heterocycles. The van der Waals surface area contributed by atoms with Crippen molar-refractivity contribution in [3.05, 3.63) is 6.07 Å². The van der Waals surface area contributed by atoms with Gasteiger partial charge in [0.15, 0.2) is 5.16 Å². The number of anilines is 2. The largest absolute Gasteiger partial charge is 0.383 e. The monoisotopic (exact) mass is 258 g/mol. The van der Waals surface area contributed by atoms with Crippen LogP contribution in [-0.2, 0) is 0 Å². The summed E-state index contributed by atoms with van der Waals surface area (Å²) in [6.07, 6.45) is 5.16. The van der Waals surface area contributed by atoms with Crippen molar-refractivity contribution in [2.24, 2.45) is 0 Å². The zero-order valence-corrected chi connectivity index (χ0v) is 11.5. The number of nitrogens with two attached hydrogens (primary N) is 1. The van der Waals surface area contributed by atoms with E-state index in [2.05, 4.69) is 28.5 Å². The smallest absolute Gasteiger partial charge is 0.191 e. The number of aromatic nitrogens is 2. The van der Waals surface area contributed by atoms with Crippen molar-refractivity contribution in [2.75, 3.05) is 29.3 Å². The van der Waals surface area contributed by atoms with E-state index in [1.54, 1.807) is 6.07 Å². The second-order valence-electron chi connectivity index (χ2n) is 3.49. The minimum atomic E-state index is 0.399. The molecule has 1 rings (SSSR count). The standard InChI is InChI=1S/C10H18N4S2/c1-7(4-5-15-2)12-9-6-8(11)13-10(14-9)16-3/h6-7H,4-5H2,1-3H3,(H3,11,12,13,14). The molecule has 0 spiro atoms. The Kier molecular flexibility index (Phi) is 5.76. The van der Waals surface area contributed by atoms with Gasteiger partial charge >= 0.3 is 0 Å². The topological polar surface area (TPSA) is 63.8 Å². The van der Waals surface area contributed by atoms with E-state index in [1.807, 2.05) is 18.0 Å². The molecular weight excluding hydrogens is 240 g/mol. The fourth-order valence-corrected chi connectivity index (χ4v) is 2.20. The summed E-state index contributed by atoms with van der Waals surface area (Å²) in [7, 11) is 0. The molecular formula is C10H18N4S2. The fourth-order valence-electron chi connectivity index (χ4n) is 1.23. The van der Waals surface area contributed by atoms with Gasteiger partial charge in [-0.1, -0.05) is 11.8 Å². The number of hydrogen-bond donors (Lipinski definition) is 2. The molecule has 90 valence electrons. The minimum absolute atomic E-state index is 0.399. The fraction of sp³-hybridized carbons (Fsp3) is 0.600. The van der Waals surface area contributed by atoms with E-state index < -0.39 is 0 Å². The number of hydrogen-bond acceptors (Lipinski definition) is 6. The molecule has 0 saturated heterocycles. The van der Waals surface area contributed by atoms with E-state index in [9.17, 15) is 0 Å². The zero-order chi connectivity index (χ0) is 12.0.